The third-order valence-electron chi connectivity index (χ3n) is 3.42. The summed E-state index contributed by atoms with van der Waals surface area (Å²) in [5.74, 6) is 1.86. The van der Waals surface area contributed by atoms with Gasteiger partial charge in [-0.1, -0.05) is 50.0 Å². The normalized spacial score (nSPS) is 39.4. The van der Waals surface area contributed by atoms with Gasteiger partial charge in [0.05, 0.1) is 0 Å². The van der Waals surface area contributed by atoms with E-state index in [1.54, 1.807) is 0 Å². The van der Waals surface area contributed by atoms with E-state index in [0.717, 1.165) is 11.8 Å². The first-order chi connectivity index (χ1) is 6.45. The Hall–Kier alpha value is -0.520. The van der Waals surface area contributed by atoms with E-state index in [2.05, 4.69) is 24.3 Å². The molecule has 0 heteroatoms. The van der Waals surface area contributed by atoms with Crippen molar-refractivity contribution < 1.29 is 0 Å². The van der Waals surface area contributed by atoms with Crippen molar-refractivity contribution in [1.82, 2.24) is 0 Å². The molecule has 0 aromatic carbocycles. The molecule has 72 valence electrons. The first-order valence-electron chi connectivity index (χ1n) is 5.78. The van der Waals surface area contributed by atoms with E-state index in [0.29, 0.717) is 0 Å². The highest BCUT2D eigenvalue weighted by atomic mass is 14.2. The van der Waals surface area contributed by atoms with Crippen molar-refractivity contribution in [1.29, 1.82) is 0 Å². The second-order valence-electron chi connectivity index (χ2n) is 4.55. The number of hydrogen-bond acceptors (Lipinski definition) is 0. The SMILES string of the molecule is C1=C\CC2CCCCCC(/C=C/1)C2. The molecule has 2 aliphatic carbocycles. The highest BCUT2D eigenvalue weighted by molar-refractivity contribution is 5.07. The van der Waals surface area contributed by atoms with Crippen molar-refractivity contribution in [3.05, 3.63) is 24.3 Å². The van der Waals surface area contributed by atoms with Gasteiger partial charge in [-0.2, -0.15) is 0 Å². The predicted molar refractivity (Wildman–Crippen MR) is 57.6 cm³/mol. The maximum absolute atomic E-state index is 2.42. The van der Waals surface area contributed by atoms with Crippen molar-refractivity contribution in [2.75, 3.05) is 0 Å². The highest BCUT2D eigenvalue weighted by Crippen LogP contribution is 2.30. The van der Waals surface area contributed by atoms with Crippen LogP contribution in [0.3, 0.4) is 0 Å². The molecule has 2 aliphatic rings. The molecule has 0 aliphatic heterocycles. The van der Waals surface area contributed by atoms with Crippen molar-refractivity contribution >= 4 is 0 Å². The van der Waals surface area contributed by atoms with Gasteiger partial charge >= 0.3 is 0 Å². The van der Waals surface area contributed by atoms with Gasteiger partial charge in [-0.15, -0.1) is 0 Å². The third kappa shape index (κ3) is 2.72. The first-order valence-corrected chi connectivity index (χ1v) is 5.78. The zero-order valence-corrected chi connectivity index (χ0v) is 8.41. The van der Waals surface area contributed by atoms with Crippen LogP contribution in [0.25, 0.3) is 0 Å². The van der Waals surface area contributed by atoms with E-state index < -0.39 is 0 Å². The second-order valence-corrected chi connectivity index (χ2v) is 4.55. The van der Waals surface area contributed by atoms with Gasteiger partial charge in [0.1, 0.15) is 0 Å². The maximum atomic E-state index is 2.42. The number of allylic oxidation sites excluding steroid dienone is 4. The average molecular weight is 176 g/mol. The average Bonchev–Trinajstić information content (AvgIpc) is 2.00. The summed E-state index contributed by atoms with van der Waals surface area (Å²) >= 11 is 0. The zero-order chi connectivity index (χ0) is 8.93. The molecule has 13 heavy (non-hydrogen) atoms. The Morgan fingerprint density at radius 1 is 0.923 bits per heavy atom. The van der Waals surface area contributed by atoms with E-state index in [4.69, 9.17) is 0 Å². The van der Waals surface area contributed by atoms with Crippen molar-refractivity contribution in [2.45, 2.75) is 44.9 Å². The van der Waals surface area contributed by atoms with Gasteiger partial charge in [0.2, 0.25) is 0 Å². The van der Waals surface area contributed by atoms with Crippen molar-refractivity contribution in [2.24, 2.45) is 11.8 Å². The summed E-state index contributed by atoms with van der Waals surface area (Å²) in [4.78, 5) is 0. The van der Waals surface area contributed by atoms with E-state index in [9.17, 15) is 0 Å². The van der Waals surface area contributed by atoms with Gasteiger partial charge in [0.25, 0.3) is 0 Å². The van der Waals surface area contributed by atoms with Crippen LogP contribution in [-0.4, -0.2) is 0 Å². The largest absolute Gasteiger partial charge is 0.0843 e. The van der Waals surface area contributed by atoms with Gasteiger partial charge in [-0.25, -0.2) is 0 Å². The molecule has 0 heterocycles. The summed E-state index contributed by atoms with van der Waals surface area (Å²) < 4.78 is 0. The van der Waals surface area contributed by atoms with Gasteiger partial charge in [0.15, 0.2) is 0 Å². The molecule has 0 aromatic heterocycles. The number of fused-ring (bicyclic) bond motifs is 2. The van der Waals surface area contributed by atoms with E-state index in [-0.39, 0.29) is 0 Å². The van der Waals surface area contributed by atoms with Crippen LogP contribution in [0.5, 0.6) is 0 Å². The van der Waals surface area contributed by atoms with E-state index >= 15 is 0 Å². The molecular formula is C13H20. The molecule has 0 N–H and O–H groups in total. The topological polar surface area (TPSA) is 0 Å². The standard InChI is InChI=1S/C13H20/c1-3-7-12-9-5-2-6-10-13(11-12)8-4-1/h1,3-4,7,12-13H,2,5-6,8-11H2/b4-1-,7-3+. The predicted octanol–water partition coefficient (Wildman–Crippen LogP) is 4.09. The third-order valence-corrected chi connectivity index (χ3v) is 3.42. The lowest BCUT2D eigenvalue weighted by molar-refractivity contribution is 0.333. The van der Waals surface area contributed by atoms with Crippen LogP contribution >= 0.6 is 0 Å². The molecule has 0 amide bonds. The van der Waals surface area contributed by atoms with Crippen LogP contribution in [0, 0.1) is 11.8 Å². The summed E-state index contributed by atoms with van der Waals surface area (Å²) in [6.07, 6.45) is 19.3. The fourth-order valence-electron chi connectivity index (χ4n) is 2.64. The van der Waals surface area contributed by atoms with Crippen LogP contribution in [0.4, 0.5) is 0 Å². The highest BCUT2D eigenvalue weighted by Gasteiger charge is 2.16. The Kier molecular flexibility index (Phi) is 3.23. The Bertz CT molecular complexity index is 200. The molecular weight excluding hydrogens is 156 g/mol. The van der Waals surface area contributed by atoms with Crippen molar-refractivity contribution in [3.63, 3.8) is 0 Å². The van der Waals surface area contributed by atoms with Crippen LogP contribution in [0.15, 0.2) is 24.3 Å². The summed E-state index contributed by atoms with van der Waals surface area (Å²) in [6.45, 7) is 0. The maximum Gasteiger partial charge on any atom is -0.0228 e. The lowest BCUT2D eigenvalue weighted by atomic mass is 9.81. The molecule has 0 nitrogen and oxygen atoms in total. The Morgan fingerprint density at radius 2 is 1.85 bits per heavy atom. The van der Waals surface area contributed by atoms with Gasteiger partial charge < -0.3 is 0 Å². The molecule has 0 spiro atoms. The number of hydrogen-bond donors (Lipinski definition) is 0. The fourth-order valence-corrected chi connectivity index (χ4v) is 2.64. The van der Waals surface area contributed by atoms with Gasteiger partial charge in [-0.3, -0.25) is 0 Å². The molecule has 1 saturated carbocycles. The Labute approximate surface area is 81.7 Å². The Balaban J connectivity index is 2.03. The fraction of sp³-hybridized carbons (Fsp3) is 0.692. The lowest BCUT2D eigenvalue weighted by Crippen LogP contribution is -2.11. The summed E-state index contributed by atoms with van der Waals surface area (Å²) in [7, 11) is 0. The summed E-state index contributed by atoms with van der Waals surface area (Å²) in [6, 6.07) is 0. The van der Waals surface area contributed by atoms with E-state index in [1.165, 1.54) is 44.9 Å². The molecule has 1 fully saturated rings. The molecule has 0 radical (unpaired) electrons. The Morgan fingerprint density at radius 3 is 2.85 bits per heavy atom. The zero-order valence-electron chi connectivity index (χ0n) is 8.41. The smallest absolute Gasteiger partial charge is 0.0228 e. The van der Waals surface area contributed by atoms with Crippen LogP contribution < -0.4 is 0 Å². The quantitative estimate of drug-likeness (QED) is 0.521. The first kappa shape index (κ1) is 9.05. The molecule has 0 saturated heterocycles. The minimum absolute atomic E-state index is 0.884. The minimum atomic E-state index is 0.884. The monoisotopic (exact) mass is 176 g/mol. The van der Waals surface area contributed by atoms with Crippen molar-refractivity contribution in [3.8, 4) is 0 Å². The number of rotatable bonds is 0. The minimum Gasteiger partial charge on any atom is -0.0843 e. The van der Waals surface area contributed by atoms with Crippen LogP contribution in [0.1, 0.15) is 44.9 Å². The molecule has 0 aromatic rings. The van der Waals surface area contributed by atoms with Gasteiger partial charge in [-0.05, 0) is 31.1 Å². The van der Waals surface area contributed by atoms with Crippen LogP contribution in [0.2, 0.25) is 0 Å². The summed E-state index contributed by atoms with van der Waals surface area (Å²) in [5.41, 5.74) is 0. The molecule has 2 atom stereocenters. The molecule has 2 bridgehead atoms. The van der Waals surface area contributed by atoms with Crippen LogP contribution in [-0.2, 0) is 0 Å². The summed E-state index contributed by atoms with van der Waals surface area (Å²) in [5, 5.41) is 0. The molecule has 2 unspecified atom stereocenters. The van der Waals surface area contributed by atoms with Gasteiger partial charge in [0, 0.05) is 0 Å². The molecule has 2 rings (SSSR count). The second kappa shape index (κ2) is 4.64. The lowest BCUT2D eigenvalue weighted by Gasteiger charge is -2.24. The van der Waals surface area contributed by atoms with E-state index in [1.807, 2.05) is 0 Å².